The normalized spacial score (nSPS) is 18.3. The Hall–Kier alpha value is -2.69. The summed E-state index contributed by atoms with van der Waals surface area (Å²) in [6, 6.07) is 11.3. The molecule has 5 nitrogen and oxygen atoms in total. The fraction of sp³-hybridized carbons (Fsp3) is 0.381. The zero-order valence-corrected chi connectivity index (χ0v) is 15.6. The molecule has 2 amide bonds. The van der Waals surface area contributed by atoms with Gasteiger partial charge in [-0.3, -0.25) is 0 Å². The highest BCUT2D eigenvalue weighted by atomic mass is 16.5. The van der Waals surface area contributed by atoms with Crippen LogP contribution in [-0.2, 0) is 12.8 Å². The molecule has 5 heteroatoms. The highest BCUT2D eigenvalue weighted by Gasteiger charge is 2.31. The second-order valence-electron chi connectivity index (χ2n) is 8.30. The molecule has 0 aliphatic carbocycles. The SMILES string of the molecule is CC1(C)Cc2ccc(NC(=O)Nc3ccc4c(c3)OC(C)(C)C4)cc2O1. The Kier molecular flexibility index (Phi) is 3.65. The molecule has 136 valence electrons. The van der Waals surface area contributed by atoms with Crippen LogP contribution in [0.15, 0.2) is 36.4 Å². The molecule has 2 aliphatic heterocycles. The molecule has 0 atom stereocenters. The number of carbonyl (C=O) groups excluding carboxylic acids is 1. The molecule has 0 saturated heterocycles. The summed E-state index contributed by atoms with van der Waals surface area (Å²) in [5, 5.41) is 5.72. The number of rotatable bonds is 2. The summed E-state index contributed by atoms with van der Waals surface area (Å²) in [7, 11) is 0. The van der Waals surface area contributed by atoms with E-state index in [9.17, 15) is 4.79 Å². The van der Waals surface area contributed by atoms with Crippen LogP contribution in [0, 0.1) is 0 Å². The lowest BCUT2D eigenvalue weighted by Crippen LogP contribution is -2.24. The predicted molar refractivity (Wildman–Crippen MR) is 102 cm³/mol. The van der Waals surface area contributed by atoms with Crippen molar-refractivity contribution in [3.63, 3.8) is 0 Å². The number of benzene rings is 2. The molecule has 0 spiro atoms. The maximum absolute atomic E-state index is 12.3. The van der Waals surface area contributed by atoms with Gasteiger partial charge in [0.2, 0.25) is 0 Å². The van der Waals surface area contributed by atoms with Gasteiger partial charge in [-0.05, 0) is 51.0 Å². The molecular formula is C21H24N2O3. The van der Waals surface area contributed by atoms with E-state index < -0.39 is 0 Å². The maximum Gasteiger partial charge on any atom is 0.323 e. The Labute approximate surface area is 153 Å². The lowest BCUT2D eigenvalue weighted by Gasteiger charge is -2.17. The van der Waals surface area contributed by atoms with Gasteiger partial charge in [0, 0.05) is 36.3 Å². The molecule has 0 fully saturated rings. The molecule has 2 N–H and O–H groups in total. The van der Waals surface area contributed by atoms with Crippen molar-refractivity contribution in [1.82, 2.24) is 0 Å². The third-order valence-electron chi connectivity index (χ3n) is 4.65. The first-order valence-corrected chi connectivity index (χ1v) is 8.91. The van der Waals surface area contributed by atoms with Gasteiger partial charge in [0.25, 0.3) is 0 Å². The molecular weight excluding hydrogens is 328 g/mol. The fourth-order valence-corrected chi connectivity index (χ4v) is 3.62. The Bertz CT molecular complexity index is 815. The van der Waals surface area contributed by atoms with Gasteiger partial charge in [0.05, 0.1) is 0 Å². The van der Waals surface area contributed by atoms with Crippen LogP contribution < -0.4 is 20.1 Å². The van der Waals surface area contributed by atoms with Crippen LogP contribution in [0.4, 0.5) is 16.2 Å². The van der Waals surface area contributed by atoms with Gasteiger partial charge in [0.1, 0.15) is 22.7 Å². The second kappa shape index (κ2) is 5.66. The maximum atomic E-state index is 12.3. The summed E-state index contributed by atoms with van der Waals surface area (Å²) >= 11 is 0. The second-order valence-corrected chi connectivity index (χ2v) is 8.30. The number of nitrogens with one attached hydrogen (secondary N) is 2. The lowest BCUT2D eigenvalue weighted by molar-refractivity contribution is 0.138. The quantitative estimate of drug-likeness (QED) is 0.819. The van der Waals surface area contributed by atoms with Crippen molar-refractivity contribution in [2.24, 2.45) is 0 Å². The summed E-state index contributed by atoms with van der Waals surface area (Å²) in [5.74, 6) is 1.67. The van der Waals surface area contributed by atoms with Crippen LogP contribution in [0.3, 0.4) is 0 Å². The molecule has 0 saturated carbocycles. The van der Waals surface area contributed by atoms with E-state index >= 15 is 0 Å². The zero-order chi connectivity index (χ0) is 18.5. The first kappa shape index (κ1) is 16.8. The van der Waals surface area contributed by atoms with Crippen LogP contribution in [-0.4, -0.2) is 17.2 Å². The highest BCUT2D eigenvalue weighted by molar-refractivity contribution is 6.00. The minimum absolute atomic E-state index is 0.193. The minimum Gasteiger partial charge on any atom is -0.487 e. The Morgan fingerprint density at radius 3 is 1.65 bits per heavy atom. The Morgan fingerprint density at radius 1 is 0.808 bits per heavy atom. The van der Waals surface area contributed by atoms with Crippen LogP contribution in [0.25, 0.3) is 0 Å². The topological polar surface area (TPSA) is 59.6 Å². The van der Waals surface area contributed by atoms with E-state index in [1.807, 2.05) is 36.4 Å². The molecule has 2 aliphatic rings. The number of anilines is 2. The van der Waals surface area contributed by atoms with E-state index in [1.165, 1.54) is 11.1 Å². The molecule has 0 aromatic heterocycles. The Balaban J connectivity index is 1.43. The van der Waals surface area contributed by atoms with E-state index in [2.05, 4.69) is 38.3 Å². The van der Waals surface area contributed by atoms with Crippen molar-refractivity contribution in [2.75, 3.05) is 10.6 Å². The molecule has 0 radical (unpaired) electrons. The molecule has 26 heavy (non-hydrogen) atoms. The number of urea groups is 1. The van der Waals surface area contributed by atoms with Crippen LogP contribution in [0.5, 0.6) is 11.5 Å². The van der Waals surface area contributed by atoms with E-state index in [1.54, 1.807) is 0 Å². The van der Waals surface area contributed by atoms with Crippen molar-refractivity contribution in [3.05, 3.63) is 47.5 Å². The smallest absolute Gasteiger partial charge is 0.323 e. The lowest BCUT2D eigenvalue weighted by atomic mass is 10.0. The van der Waals surface area contributed by atoms with Crippen LogP contribution in [0.1, 0.15) is 38.8 Å². The molecule has 2 aromatic rings. The van der Waals surface area contributed by atoms with E-state index in [0.29, 0.717) is 11.4 Å². The van der Waals surface area contributed by atoms with E-state index in [0.717, 1.165) is 24.3 Å². The first-order valence-electron chi connectivity index (χ1n) is 8.91. The standard InChI is InChI=1S/C21H24N2O3/c1-20(2)11-13-5-7-15(9-17(13)25-20)22-19(24)23-16-8-6-14-12-21(3,4)26-18(14)10-16/h5-10H,11-12H2,1-4H3,(H2,22,23,24). The molecule has 0 unspecified atom stereocenters. The van der Waals surface area contributed by atoms with Crippen molar-refractivity contribution in [1.29, 1.82) is 0 Å². The third-order valence-corrected chi connectivity index (χ3v) is 4.65. The summed E-state index contributed by atoms with van der Waals surface area (Å²) in [4.78, 5) is 12.3. The summed E-state index contributed by atoms with van der Waals surface area (Å²) < 4.78 is 11.8. The largest absolute Gasteiger partial charge is 0.487 e. The summed E-state index contributed by atoms with van der Waals surface area (Å²) in [6.07, 6.45) is 1.75. The minimum atomic E-state index is -0.292. The first-order chi connectivity index (χ1) is 12.2. The summed E-state index contributed by atoms with van der Waals surface area (Å²) in [6.45, 7) is 8.24. The monoisotopic (exact) mass is 352 g/mol. The van der Waals surface area contributed by atoms with Crippen molar-refractivity contribution in [3.8, 4) is 11.5 Å². The fourth-order valence-electron chi connectivity index (χ4n) is 3.62. The summed E-state index contributed by atoms with van der Waals surface area (Å²) in [5.41, 5.74) is 3.36. The molecule has 0 bridgehead atoms. The number of hydrogen-bond donors (Lipinski definition) is 2. The molecule has 4 rings (SSSR count). The van der Waals surface area contributed by atoms with Gasteiger partial charge in [-0.15, -0.1) is 0 Å². The van der Waals surface area contributed by atoms with Crippen LogP contribution in [0.2, 0.25) is 0 Å². The van der Waals surface area contributed by atoms with Gasteiger partial charge in [0.15, 0.2) is 0 Å². The van der Waals surface area contributed by atoms with Crippen molar-refractivity contribution in [2.45, 2.75) is 51.7 Å². The number of amides is 2. The van der Waals surface area contributed by atoms with E-state index in [4.69, 9.17) is 9.47 Å². The third kappa shape index (κ3) is 3.34. The molecule has 2 aromatic carbocycles. The molecule has 2 heterocycles. The van der Waals surface area contributed by atoms with Crippen molar-refractivity contribution < 1.29 is 14.3 Å². The predicted octanol–water partition coefficient (Wildman–Crippen LogP) is 4.76. The average molecular weight is 352 g/mol. The number of hydrogen-bond acceptors (Lipinski definition) is 3. The Morgan fingerprint density at radius 2 is 1.23 bits per heavy atom. The van der Waals surface area contributed by atoms with Gasteiger partial charge in [-0.2, -0.15) is 0 Å². The van der Waals surface area contributed by atoms with Crippen molar-refractivity contribution >= 4 is 17.4 Å². The zero-order valence-electron chi connectivity index (χ0n) is 15.6. The number of ether oxygens (including phenoxy) is 2. The van der Waals surface area contributed by atoms with Crippen LogP contribution >= 0.6 is 0 Å². The van der Waals surface area contributed by atoms with E-state index in [-0.39, 0.29) is 17.2 Å². The van der Waals surface area contributed by atoms with Gasteiger partial charge < -0.3 is 20.1 Å². The average Bonchev–Trinajstić information content (AvgIpc) is 2.98. The number of carbonyl (C=O) groups is 1. The highest BCUT2D eigenvalue weighted by Crippen LogP contribution is 2.37. The van der Waals surface area contributed by atoms with Gasteiger partial charge in [-0.1, -0.05) is 12.1 Å². The van der Waals surface area contributed by atoms with Gasteiger partial charge >= 0.3 is 6.03 Å². The van der Waals surface area contributed by atoms with Gasteiger partial charge in [-0.25, -0.2) is 4.79 Å². The number of fused-ring (bicyclic) bond motifs is 2.